The lowest BCUT2D eigenvalue weighted by Crippen LogP contribution is -2.45. The van der Waals surface area contributed by atoms with Crippen LogP contribution in [-0.4, -0.2) is 76.2 Å². The molecule has 2 aromatic heterocycles. The number of nitrogens with two attached hydrogens (primary N) is 1. The van der Waals surface area contributed by atoms with Crippen LogP contribution in [-0.2, 0) is 0 Å². The Balaban J connectivity index is 1.06. The average molecular weight is 525 g/mol. The summed E-state index contributed by atoms with van der Waals surface area (Å²) in [5.41, 5.74) is 6.90. The van der Waals surface area contributed by atoms with Crippen molar-refractivity contribution in [3.05, 3.63) is 59.2 Å². The van der Waals surface area contributed by atoms with Gasteiger partial charge in [0, 0.05) is 69.5 Å². The van der Waals surface area contributed by atoms with Gasteiger partial charge in [-0.05, 0) is 49.4 Å². The molecular weight excluding hydrogens is 494 g/mol. The van der Waals surface area contributed by atoms with Gasteiger partial charge in [-0.25, -0.2) is 18.7 Å². The molecule has 1 aliphatic carbocycles. The fourth-order valence-corrected chi connectivity index (χ4v) is 5.39. The van der Waals surface area contributed by atoms with Gasteiger partial charge in [0.1, 0.15) is 11.6 Å². The van der Waals surface area contributed by atoms with Crippen LogP contribution < -0.4 is 15.5 Å². The first-order valence-corrected chi connectivity index (χ1v) is 13.0. The zero-order valence-corrected chi connectivity index (χ0v) is 21.1. The predicted octanol–water partition coefficient (Wildman–Crippen LogP) is 2.69. The van der Waals surface area contributed by atoms with Gasteiger partial charge >= 0.3 is 6.01 Å². The molecule has 6 rings (SSSR count). The van der Waals surface area contributed by atoms with E-state index >= 15 is 0 Å². The zero-order valence-electron chi connectivity index (χ0n) is 21.1. The van der Waals surface area contributed by atoms with Crippen LogP contribution in [0.15, 0.2) is 35.1 Å². The van der Waals surface area contributed by atoms with Crippen molar-refractivity contribution in [2.24, 2.45) is 5.73 Å². The third kappa shape index (κ3) is 4.80. The lowest BCUT2D eigenvalue weighted by atomic mass is 9.94. The number of halogens is 2. The second-order valence-corrected chi connectivity index (χ2v) is 10.5. The number of aromatic nitrogens is 4. The molecule has 0 spiro atoms. The Morgan fingerprint density at radius 1 is 1.08 bits per heavy atom. The topological polar surface area (TPSA) is 118 Å². The van der Waals surface area contributed by atoms with Gasteiger partial charge in [-0.1, -0.05) is 5.16 Å². The Labute approximate surface area is 218 Å². The fraction of sp³-hybridized carbons (Fsp3) is 0.500. The molecule has 4 heterocycles. The van der Waals surface area contributed by atoms with Gasteiger partial charge in [-0.15, -0.1) is 0 Å². The molecule has 2 aliphatic heterocycles. The van der Waals surface area contributed by atoms with Crippen LogP contribution in [0.25, 0.3) is 0 Å². The van der Waals surface area contributed by atoms with Crippen molar-refractivity contribution in [1.29, 1.82) is 0 Å². The smallest absolute Gasteiger partial charge is 0.324 e. The van der Waals surface area contributed by atoms with E-state index in [1.54, 1.807) is 11.9 Å². The molecule has 1 aromatic carbocycles. The van der Waals surface area contributed by atoms with Gasteiger partial charge in [0.2, 0.25) is 5.95 Å². The highest BCUT2D eigenvalue weighted by Gasteiger charge is 2.35. The molecule has 3 aromatic rings. The summed E-state index contributed by atoms with van der Waals surface area (Å²) in [5, 5.41) is 4.09. The molecule has 1 saturated carbocycles. The predicted molar refractivity (Wildman–Crippen MR) is 135 cm³/mol. The van der Waals surface area contributed by atoms with Crippen molar-refractivity contribution in [2.45, 2.75) is 49.6 Å². The highest BCUT2D eigenvalue weighted by molar-refractivity contribution is 5.93. The molecule has 10 nitrogen and oxygen atoms in total. The lowest BCUT2D eigenvalue weighted by Gasteiger charge is -2.35. The Bertz CT molecular complexity index is 1310. The highest BCUT2D eigenvalue weighted by atomic mass is 19.1. The normalized spacial score (nSPS) is 22.2. The van der Waals surface area contributed by atoms with E-state index in [9.17, 15) is 13.6 Å². The minimum absolute atomic E-state index is 0.0720. The summed E-state index contributed by atoms with van der Waals surface area (Å²) in [5.74, 6) is 0.120. The second-order valence-electron chi connectivity index (χ2n) is 10.5. The summed E-state index contributed by atoms with van der Waals surface area (Å²) in [6, 6.07) is 3.64. The average Bonchev–Trinajstić information content (AvgIpc) is 3.54. The van der Waals surface area contributed by atoms with Gasteiger partial charge in [0.05, 0.1) is 5.56 Å². The SMILES string of the molecule is CN(C(=O)c1cnc(N2C[C@H](c3cc(F)ccc3F)[C@@H](N)C2)nc1)C1CCN(c2nc(C3CC3)no2)CC1. The van der Waals surface area contributed by atoms with Crippen molar-refractivity contribution in [3.8, 4) is 0 Å². The molecule has 2 saturated heterocycles. The standard InChI is InChI=1S/C26H30F2N8O2/c1-34(18-6-8-35(9-7-18)26-32-23(33-38-26)15-2-3-15)24(37)16-11-30-25(31-12-16)36-13-20(22(29)14-36)19-10-17(27)4-5-21(19)28/h4-5,10-12,15,18,20,22H,2-3,6-9,13-14,29H2,1H3/t20-,22+/m1/s1. The van der Waals surface area contributed by atoms with Gasteiger partial charge in [-0.2, -0.15) is 4.98 Å². The Morgan fingerprint density at radius 2 is 1.82 bits per heavy atom. The van der Waals surface area contributed by atoms with E-state index in [1.165, 1.54) is 18.5 Å². The fourth-order valence-electron chi connectivity index (χ4n) is 5.39. The summed E-state index contributed by atoms with van der Waals surface area (Å²) < 4.78 is 33.4. The quantitative estimate of drug-likeness (QED) is 0.519. The van der Waals surface area contributed by atoms with E-state index in [1.807, 2.05) is 4.90 Å². The van der Waals surface area contributed by atoms with E-state index < -0.39 is 17.7 Å². The zero-order chi connectivity index (χ0) is 26.4. The van der Waals surface area contributed by atoms with E-state index in [-0.39, 0.29) is 23.4 Å². The van der Waals surface area contributed by atoms with E-state index in [2.05, 4.69) is 25.0 Å². The largest absolute Gasteiger partial charge is 0.339 e. The Morgan fingerprint density at radius 3 is 2.53 bits per heavy atom. The Hall–Kier alpha value is -3.67. The number of piperidine rings is 1. The number of nitrogens with zero attached hydrogens (tertiary/aromatic N) is 7. The van der Waals surface area contributed by atoms with Crippen LogP contribution in [0, 0.1) is 11.6 Å². The number of anilines is 2. The van der Waals surface area contributed by atoms with E-state index in [0.717, 1.165) is 56.7 Å². The molecule has 2 atom stereocenters. The first kappa shape index (κ1) is 24.7. The van der Waals surface area contributed by atoms with Crippen molar-refractivity contribution in [1.82, 2.24) is 25.0 Å². The highest BCUT2D eigenvalue weighted by Crippen LogP contribution is 2.39. The number of carbonyl (C=O) groups excluding carboxylic acids is 1. The summed E-state index contributed by atoms with van der Waals surface area (Å²) in [4.78, 5) is 32.1. The molecule has 0 bridgehead atoms. The number of benzene rings is 1. The molecule has 0 unspecified atom stereocenters. The van der Waals surface area contributed by atoms with Gasteiger partial charge in [0.15, 0.2) is 5.82 Å². The first-order valence-electron chi connectivity index (χ1n) is 13.0. The minimum atomic E-state index is -0.502. The van der Waals surface area contributed by atoms with Crippen LogP contribution in [0.1, 0.15) is 59.3 Å². The third-order valence-corrected chi connectivity index (χ3v) is 7.87. The van der Waals surface area contributed by atoms with Crippen molar-refractivity contribution in [3.63, 3.8) is 0 Å². The second kappa shape index (κ2) is 9.90. The molecule has 0 radical (unpaired) electrons. The maximum absolute atomic E-state index is 14.3. The van der Waals surface area contributed by atoms with Gasteiger partial charge in [-0.3, -0.25) is 4.79 Å². The molecule has 3 fully saturated rings. The van der Waals surface area contributed by atoms with Crippen molar-refractivity contribution >= 4 is 17.9 Å². The third-order valence-electron chi connectivity index (χ3n) is 7.87. The molecule has 2 N–H and O–H groups in total. The summed E-state index contributed by atoms with van der Waals surface area (Å²) in [6.07, 6.45) is 6.84. The minimum Gasteiger partial charge on any atom is -0.339 e. The van der Waals surface area contributed by atoms with Crippen molar-refractivity contribution < 1.29 is 18.1 Å². The molecule has 3 aliphatic rings. The van der Waals surface area contributed by atoms with Crippen LogP contribution in [0.4, 0.5) is 20.7 Å². The van der Waals surface area contributed by atoms with Crippen LogP contribution in [0.5, 0.6) is 0 Å². The number of amides is 1. The summed E-state index contributed by atoms with van der Waals surface area (Å²) in [6.45, 7) is 2.21. The maximum atomic E-state index is 14.3. The number of carbonyl (C=O) groups is 1. The van der Waals surface area contributed by atoms with Crippen LogP contribution in [0.2, 0.25) is 0 Å². The first-order chi connectivity index (χ1) is 18.4. The van der Waals surface area contributed by atoms with E-state index in [0.29, 0.717) is 36.5 Å². The number of hydrogen-bond acceptors (Lipinski definition) is 9. The summed E-state index contributed by atoms with van der Waals surface area (Å²) in [7, 11) is 1.80. The molecule has 38 heavy (non-hydrogen) atoms. The number of rotatable bonds is 6. The van der Waals surface area contributed by atoms with Gasteiger partial charge < -0.3 is 25.0 Å². The molecule has 12 heteroatoms. The molecule has 200 valence electrons. The molecular formula is C26H30F2N8O2. The van der Waals surface area contributed by atoms with Crippen molar-refractivity contribution in [2.75, 3.05) is 43.0 Å². The van der Waals surface area contributed by atoms with Crippen LogP contribution in [0.3, 0.4) is 0 Å². The molecule has 1 amide bonds. The monoisotopic (exact) mass is 524 g/mol. The maximum Gasteiger partial charge on any atom is 0.324 e. The van der Waals surface area contributed by atoms with Gasteiger partial charge in [0.25, 0.3) is 5.91 Å². The summed E-state index contributed by atoms with van der Waals surface area (Å²) >= 11 is 0. The number of hydrogen-bond donors (Lipinski definition) is 1. The van der Waals surface area contributed by atoms with E-state index in [4.69, 9.17) is 10.3 Å². The lowest BCUT2D eigenvalue weighted by molar-refractivity contribution is 0.0707. The Kier molecular flexibility index (Phi) is 6.42. The van der Waals surface area contributed by atoms with Crippen LogP contribution >= 0.6 is 0 Å².